The molecule has 2 aliphatic heterocycles. The van der Waals surface area contributed by atoms with Gasteiger partial charge < -0.3 is 5.32 Å². The number of hydrazone groups is 1. The molecule has 8 heteroatoms. The Hall–Kier alpha value is -3.26. The Morgan fingerprint density at radius 2 is 2.00 bits per heavy atom. The van der Waals surface area contributed by atoms with Gasteiger partial charge in [0.1, 0.15) is 0 Å². The van der Waals surface area contributed by atoms with Gasteiger partial charge in [-0.25, -0.2) is 0 Å². The molecule has 29 heavy (non-hydrogen) atoms. The van der Waals surface area contributed by atoms with Crippen molar-refractivity contribution in [1.29, 1.82) is 0 Å². The van der Waals surface area contributed by atoms with Crippen LogP contribution in [0.4, 0.5) is 11.4 Å². The lowest BCUT2D eigenvalue weighted by atomic mass is 10.1. The van der Waals surface area contributed by atoms with E-state index in [-0.39, 0.29) is 17.6 Å². The molecular formula is C21H21N5O2S. The number of carbonyl (C=O) groups excluding carboxylic acids is 2. The fourth-order valence-electron chi connectivity index (χ4n) is 3.12. The van der Waals surface area contributed by atoms with Crippen molar-refractivity contribution in [2.45, 2.75) is 19.5 Å². The Bertz CT molecular complexity index is 976. The van der Waals surface area contributed by atoms with Crippen molar-refractivity contribution in [2.24, 2.45) is 5.10 Å². The first-order valence-electron chi connectivity index (χ1n) is 9.35. The number of rotatable bonds is 5. The molecule has 0 saturated heterocycles. The van der Waals surface area contributed by atoms with E-state index >= 15 is 0 Å². The Balaban J connectivity index is 1.36. The zero-order valence-electron chi connectivity index (χ0n) is 15.9. The summed E-state index contributed by atoms with van der Waals surface area (Å²) in [6, 6.07) is 17.2. The number of nitrogens with zero attached hydrogens (tertiary/aromatic N) is 3. The summed E-state index contributed by atoms with van der Waals surface area (Å²) in [7, 11) is 0. The maximum absolute atomic E-state index is 12.8. The fraction of sp³-hybridized carbons (Fsp3) is 0.190. The second-order valence-electron chi connectivity index (χ2n) is 6.57. The van der Waals surface area contributed by atoms with Gasteiger partial charge in [0.2, 0.25) is 12.1 Å². The van der Waals surface area contributed by atoms with Crippen LogP contribution in [0.2, 0.25) is 0 Å². The number of thioether (sulfide) groups is 1. The van der Waals surface area contributed by atoms with Gasteiger partial charge in [0, 0.05) is 23.8 Å². The van der Waals surface area contributed by atoms with Crippen LogP contribution in [0, 0.1) is 0 Å². The van der Waals surface area contributed by atoms with Crippen LogP contribution in [-0.2, 0) is 16.0 Å². The highest BCUT2D eigenvalue weighted by Crippen LogP contribution is 2.25. The van der Waals surface area contributed by atoms with Crippen LogP contribution in [0.3, 0.4) is 0 Å². The van der Waals surface area contributed by atoms with E-state index in [2.05, 4.69) is 22.8 Å². The van der Waals surface area contributed by atoms with Crippen molar-refractivity contribution in [3.63, 3.8) is 0 Å². The predicted molar refractivity (Wildman–Crippen MR) is 116 cm³/mol. The lowest BCUT2D eigenvalue weighted by Crippen LogP contribution is -2.52. The topological polar surface area (TPSA) is 77.0 Å². The highest BCUT2D eigenvalue weighted by Gasteiger charge is 2.38. The maximum atomic E-state index is 12.8. The van der Waals surface area contributed by atoms with Crippen LogP contribution in [0.25, 0.3) is 0 Å². The average molecular weight is 407 g/mol. The summed E-state index contributed by atoms with van der Waals surface area (Å²) < 4.78 is 0. The number of amides is 2. The Morgan fingerprint density at radius 1 is 1.17 bits per heavy atom. The SMILES string of the molecule is CCc1cccc(NC(=O)CSC2=NNC3C(=O)N(c4ccccc4)C=CN23)c1. The molecule has 0 fully saturated rings. The molecule has 7 nitrogen and oxygen atoms in total. The van der Waals surface area contributed by atoms with E-state index in [1.54, 1.807) is 22.2 Å². The molecule has 0 saturated carbocycles. The number of fused-ring (bicyclic) bond motifs is 1. The second kappa shape index (κ2) is 8.40. The number of hydrogen-bond donors (Lipinski definition) is 2. The highest BCUT2D eigenvalue weighted by atomic mass is 32.2. The van der Waals surface area contributed by atoms with Crippen LogP contribution in [-0.4, -0.2) is 33.8 Å². The predicted octanol–water partition coefficient (Wildman–Crippen LogP) is 2.94. The number of amidine groups is 1. The molecule has 0 bridgehead atoms. The number of benzene rings is 2. The molecule has 2 amide bonds. The normalized spacial score (nSPS) is 17.6. The third-order valence-corrected chi connectivity index (χ3v) is 5.58. The molecular weight excluding hydrogens is 386 g/mol. The lowest BCUT2D eigenvalue weighted by molar-refractivity contribution is -0.122. The van der Waals surface area contributed by atoms with E-state index in [0.29, 0.717) is 5.17 Å². The van der Waals surface area contributed by atoms with Gasteiger partial charge in [-0.3, -0.25) is 24.8 Å². The minimum Gasteiger partial charge on any atom is -0.325 e. The van der Waals surface area contributed by atoms with Crippen LogP contribution in [0.5, 0.6) is 0 Å². The Morgan fingerprint density at radius 3 is 2.79 bits per heavy atom. The molecule has 1 unspecified atom stereocenters. The highest BCUT2D eigenvalue weighted by molar-refractivity contribution is 8.14. The van der Waals surface area contributed by atoms with E-state index in [9.17, 15) is 9.59 Å². The average Bonchev–Trinajstić information content (AvgIpc) is 3.17. The molecule has 2 heterocycles. The molecule has 0 radical (unpaired) electrons. The first-order valence-corrected chi connectivity index (χ1v) is 10.3. The van der Waals surface area contributed by atoms with Crippen molar-refractivity contribution < 1.29 is 9.59 Å². The van der Waals surface area contributed by atoms with E-state index in [4.69, 9.17) is 0 Å². The molecule has 0 aliphatic carbocycles. The summed E-state index contributed by atoms with van der Waals surface area (Å²) in [6.07, 6.45) is 3.82. The van der Waals surface area contributed by atoms with Crippen LogP contribution >= 0.6 is 11.8 Å². The molecule has 0 aromatic heterocycles. The van der Waals surface area contributed by atoms with Crippen molar-refractivity contribution in [3.8, 4) is 0 Å². The number of anilines is 2. The van der Waals surface area contributed by atoms with Crippen molar-refractivity contribution in [3.05, 3.63) is 72.6 Å². The summed E-state index contributed by atoms with van der Waals surface area (Å²) >= 11 is 1.29. The quantitative estimate of drug-likeness (QED) is 0.797. The summed E-state index contributed by atoms with van der Waals surface area (Å²) in [6.45, 7) is 2.07. The van der Waals surface area contributed by atoms with Crippen molar-refractivity contribution in [1.82, 2.24) is 10.3 Å². The smallest absolute Gasteiger partial charge is 0.276 e. The molecule has 2 aromatic rings. The van der Waals surface area contributed by atoms with Gasteiger partial charge in [0.05, 0.1) is 5.75 Å². The minimum atomic E-state index is -0.605. The zero-order chi connectivity index (χ0) is 20.2. The second-order valence-corrected chi connectivity index (χ2v) is 7.51. The van der Waals surface area contributed by atoms with Gasteiger partial charge in [-0.15, -0.1) is 0 Å². The molecule has 0 spiro atoms. The zero-order valence-corrected chi connectivity index (χ0v) is 16.7. The summed E-state index contributed by atoms with van der Waals surface area (Å²) in [5, 5.41) is 7.73. The van der Waals surface area contributed by atoms with Crippen LogP contribution in [0.15, 0.2) is 72.1 Å². The van der Waals surface area contributed by atoms with E-state index in [1.165, 1.54) is 17.3 Å². The lowest BCUT2D eigenvalue weighted by Gasteiger charge is -2.31. The molecule has 148 valence electrons. The molecule has 2 N–H and O–H groups in total. The number of carbonyl (C=O) groups is 2. The third-order valence-electron chi connectivity index (χ3n) is 4.61. The number of hydrogen-bond acceptors (Lipinski definition) is 6. The third kappa shape index (κ3) is 4.12. The first-order chi connectivity index (χ1) is 14.2. The van der Waals surface area contributed by atoms with E-state index in [0.717, 1.165) is 17.8 Å². The number of nitrogens with one attached hydrogen (secondary N) is 2. The largest absolute Gasteiger partial charge is 0.325 e. The van der Waals surface area contributed by atoms with Crippen molar-refractivity contribution >= 4 is 40.1 Å². The van der Waals surface area contributed by atoms with Gasteiger partial charge in [-0.1, -0.05) is 49.0 Å². The monoisotopic (exact) mass is 407 g/mol. The molecule has 2 aromatic carbocycles. The Labute approximate surface area is 173 Å². The molecule has 1 atom stereocenters. The maximum Gasteiger partial charge on any atom is 0.276 e. The molecule has 4 rings (SSSR count). The molecule has 2 aliphatic rings. The van der Waals surface area contributed by atoms with Crippen molar-refractivity contribution in [2.75, 3.05) is 16.0 Å². The van der Waals surface area contributed by atoms with E-state index < -0.39 is 6.17 Å². The van der Waals surface area contributed by atoms with Gasteiger partial charge in [-0.2, -0.15) is 5.10 Å². The first kappa shape index (κ1) is 19.1. The standard InChI is InChI=1S/C21H21N5O2S/c1-2-15-7-6-8-16(13-15)22-18(27)14-29-21-24-23-19-20(28)25(11-12-26(19)21)17-9-4-3-5-10-17/h3-13,19,23H,2,14H2,1H3,(H,22,27). The van der Waals surface area contributed by atoms with Gasteiger partial charge in [-0.05, 0) is 36.2 Å². The van der Waals surface area contributed by atoms with E-state index in [1.807, 2.05) is 54.6 Å². The number of aryl methyl sites for hydroxylation is 1. The van der Waals surface area contributed by atoms with Gasteiger partial charge in [0.25, 0.3) is 5.91 Å². The summed E-state index contributed by atoms with van der Waals surface area (Å²) in [5.74, 6) is -0.0450. The minimum absolute atomic E-state index is 0.118. The van der Waals surface area contributed by atoms with Crippen LogP contribution in [0.1, 0.15) is 12.5 Å². The van der Waals surface area contributed by atoms with Crippen LogP contribution < -0.4 is 15.6 Å². The summed E-state index contributed by atoms with van der Waals surface area (Å²) in [4.78, 5) is 28.4. The van der Waals surface area contributed by atoms with Gasteiger partial charge in [0.15, 0.2) is 5.17 Å². The van der Waals surface area contributed by atoms with Gasteiger partial charge >= 0.3 is 0 Å². The number of para-hydroxylation sites is 1. The Kier molecular flexibility index (Phi) is 5.53. The summed E-state index contributed by atoms with van der Waals surface area (Å²) in [5.41, 5.74) is 5.61. The fourth-order valence-corrected chi connectivity index (χ4v) is 3.88.